The van der Waals surface area contributed by atoms with Gasteiger partial charge in [0, 0.05) is 38.0 Å². The van der Waals surface area contributed by atoms with E-state index in [9.17, 15) is 14.3 Å². The highest BCUT2D eigenvalue weighted by Crippen LogP contribution is 2.19. The molecule has 0 spiro atoms. The second-order valence-corrected chi connectivity index (χ2v) is 7.71. The first-order valence-electron chi connectivity index (χ1n) is 10.6. The maximum atomic E-state index is 14.2. The summed E-state index contributed by atoms with van der Waals surface area (Å²) in [5.41, 5.74) is 2.40. The fourth-order valence-electron chi connectivity index (χ4n) is 3.50. The Bertz CT molecular complexity index is 875. The summed E-state index contributed by atoms with van der Waals surface area (Å²) in [4.78, 5) is 19.1. The molecule has 0 amide bonds. The van der Waals surface area contributed by atoms with Gasteiger partial charge in [0.15, 0.2) is 0 Å². The van der Waals surface area contributed by atoms with Gasteiger partial charge in [-0.2, -0.15) is 0 Å². The number of ether oxygens (including phenoxy) is 1. The highest BCUT2D eigenvalue weighted by molar-refractivity contribution is 6.01. The van der Waals surface area contributed by atoms with Crippen LogP contribution in [-0.4, -0.2) is 53.6 Å². The highest BCUT2D eigenvalue weighted by Gasteiger charge is 2.26. The number of halogens is 1. The maximum absolute atomic E-state index is 14.2. The van der Waals surface area contributed by atoms with Gasteiger partial charge in [-0.3, -0.25) is 9.69 Å². The summed E-state index contributed by atoms with van der Waals surface area (Å²) in [6.07, 6.45) is 0.540. The Balaban J connectivity index is 1.60. The third kappa shape index (κ3) is 7.15. The van der Waals surface area contributed by atoms with Crippen molar-refractivity contribution in [2.45, 2.75) is 44.9 Å². The third-order valence-corrected chi connectivity index (χ3v) is 5.01. The minimum Gasteiger partial charge on any atom is -0.463 e. The fourth-order valence-corrected chi connectivity index (χ4v) is 3.50. The van der Waals surface area contributed by atoms with Crippen LogP contribution in [0.25, 0.3) is 0 Å². The van der Waals surface area contributed by atoms with Crippen molar-refractivity contribution in [2.75, 3.05) is 19.7 Å². The minimum absolute atomic E-state index is 0.0934. The van der Waals surface area contributed by atoms with Crippen LogP contribution in [0.4, 0.5) is 4.39 Å². The molecule has 2 aromatic carbocycles. The summed E-state index contributed by atoms with van der Waals surface area (Å²) in [5, 5.41) is 14.6. The molecule has 0 radical (unpaired) electrons. The first-order valence-corrected chi connectivity index (χ1v) is 10.6. The molecule has 0 bridgehead atoms. The molecule has 1 N–H and O–H groups in total. The van der Waals surface area contributed by atoms with Crippen LogP contribution < -0.4 is 0 Å². The number of rotatable bonds is 11. The smallest absolute Gasteiger partial charge is 0.305 e. The Morgan fingerprint density at radius 1 is 1.26 bits per heavy atom. The zero-order chi connectivity index (χ0) is 22.1. The lowest BCUT2D eigenvalue weighted by atomic mass is 10.0. The van der Waals surface area contributed by atoms with Gasteiger partial charge in [-0.25, -0.2) is 4.39 Å². The molecule has 6 nitrogen and oxygen atoms in total. The van der Waals surface area contributed by atoms with Gasteiger partial charge >= 0.3 is 5.97 Å². The molecule has 0 aromatic heterocycles. The lowest BCUT2D eigenvalue weighted by Gasteiger charge is -2.27. The second kappa shape index (κ2) is 11.6. The van der Waals surface area contributed by atoms with Crippen molar-refractivity contribution >= 4 is 11.7 Å². The number of carbonyl (C=O) groups is 1. The van der Waals surface area contributed by atoms with E-state index in [2.05, 4.69) is 5.16 Å². The van der Waals surface area contributed by atoms with Crippen molar-refractivity contribution in [1.29, 1.82) is 0 Å². The number of hydrogen-bond acceptors (Lipinski definition) is 6. The molecule has 0 saturated carbocycles. The van der Waals surface area contributed by atoms with E-state index in [4.69, 9.17) is 9.57 Å². The first-order chi connectivity index (χ1) is 15.0. The lowest BCUT2D eigenvalue weighted by Crippen LogP contribution is -2.39. The van der Waals surface area contributed by atoms with Gasteiger partial charge in [-0.1, -0.05) is 60.6 Å². The van der Waals surface area contributed by atoms with Gasteiger partial charge in [0.2, 0.25) is 0 Å². The van der Waals surface area contributed by atoms with Gasteiger partial charge in [-0.05, 0) is 18.1 Å². The van der Waals surface area contributed by atoms with Crippen LogP contribution in [0.1, 0.15) is 37.3 Å². The number of aliphatic hydroxyl groups is 1. The monoisotopic (exact) mass is 428 g/mol. The summed E-state index contributed by atoms with van der Waals surface area (Å²) in [6.45, 7) is 2.76. The van der Waals surface area contributed by atoms with Gasteiger partial charge < -0.3 is 14.7 Å². The molecule has 1 aliphatic heterocycles. The van der Waals surface area contributed by atoms with E-state index >= 15 is 0 Å². The van der Waals surface area contributed by atoms with E-state index in [1.54, 1.807) is 18.2 Å². The molecule has 0 fully saturated rings. The summed E-state index contributed by atoms with van der Waals surface area (Å²) >= 11 is 0. The van der Waals surface area contributed by atoms with Crippen LogP contribution in [0.5, 0.6) is 0 Å². The van der Waals surface area contributed by atoms with Crippen molar-refractivity contribution in [3.63, 3.8) is 0 Å². The number of oxime groups is 1. The van der Waals surface area contributed by atoms with Gasteiger partial charge in [0.1, 0.15) is 24.6 Å². The van der Waals surface area contributed by atoms with Crippen LogP contribution in [0.2, 0.25) is 0 Å². The quantitative estimate of drug-likeness (QED) is 0.555. The molecule has 0 unspecified atom stereocenters. The third-order valence-electron chi connectivity index (χ3n) is 5.01. The number of hydrogen-bond donors (Lipinski definition) is 1. The van der Waals surface area contributed by atoms with Gasteiger partial charge in [-0.15, -0.1) is 0 Å². The van der Waals surface area contributed by atoms with E-state index in [-0.39, 0.29) is 31.0 Å². The van der Waals surface area contributed by atoms with E-state index in [0.29, 0.717) is 37.9 Å². The molecule has 166 valence electrons. The summed E-state index contributed by atoms with van der Waals surface area (Å²) < 4.78 is 19.3. The molecule has 2 atom stereocenters. The summed E-state index contributed by atoms with van der Waals surface area (Å²) in [7, 11) is 0. The number of esters is 1. The van der Waals surface area contributed by atoms with Crippen LogP contribution in [0, 0.1) is 5.82 Å². The maximum Gasteiger partial charge on any atom is 0.305 e. The van der Waals surface area contributed by atoms with E-state index in [1.165, 1.54) is 6.07 Å². The van der Waals surface area contributed by atoms with Crippen LogP contribution in [-0.2, 0) is 20.9 Å². The highest BCUT2D eigenvalue weighted by atomic mass is 19.1. The number of aliphatic hydroxyl groups excluding tert-OH is 1. The molecular weight excluding hydrogens is 399 g/mol. The SMILES string of the molecule is CCCC(=O)OC[C@H](O)CN(Cc1ccccc1F)C[C@@H]1CC(c2ccccc2)=NO1. The molecule has 0 aliphatic carbocycles. The van der Waals surface area contributed by atoms with Crippen LogP contribution in [0.15, 0.2) is 59.8 Å². The predicted octanol–water partition coefficient (Wildman–Crippen LogP) is 3.53. The Labute approximate surface area is 182 Å². The van der Waals surface area contributed by atoms with Gasteiger partial charge in [0.05, 0.1) is 5.71 Å². The van der Waals surface area contributed by atoms with E-state index in [0.717, 1.165) is 11.3 Å². The van der Waals surface area contributed by atoms with Crippen molar-refractivity contribution in [3.8, 4) is 0 Å². The standard InChI is InChI=1S/C24H29FN2O4/c1-2-8-24(29)30-17-20(28)15-27(14-19-11-6-7-12-22(19)25)16-21-13-23(26-31-21)18-9-4-3-5-10-18/h3-7,9-12,20-21,28H,2,8,13-17H2,1H3/t20-,21+/m1/s1. The largest absolute Gasteiger partial charge is 0.463 e. The normalized spacial score (nSPS) is 16.6. The average Bonchev–Trinajstić information content (AvgIpc) is 3.23. The Kier molecular flexibility index (Phi) is 8.55. The Hall–Kier alpha value is -2.77. The molecule has 7 heteroatoms. The number of benzene rings is 2. The molecule has 3 rings (SSSR count). The van der Waals surface area contributed by atoms with Crippen molar-refractivity contribution in [1.82, 2.24) is 4.90 Å². The van der Waals surface area contributed by atoms with Crippen molar-refractivity contribution < 1.29 is 23.9 Å². The fraction of sp³-hybridized carbons (Fsp3) is 0.417. The van der Waals surface area contributed by atoms with Crippen molar-refractivity contribution in [3.05, 3.63) is 71.5 Å². The van der Waals surface area contributed by atoms with Crippen LogP contribution >= 0.6 is 0 Å². The average molecular weight is 429 g/mol. The molecule has 2 aromatic rings. The predicted molar refractivity (Wildman–Crippen MR) is 116 cm³/mol. The van der Waals surface area contributed by atoms with Crippen molar-refractivity contribution in [2.24, 2.45) is 5.16 Å². The molecule has 0 saturated heterocycles. The number of carbonyl (C=O) groups excluding carboxylic acids is 1. The zero-order valence-corrected chi connectivity index (χ0v) is 17.7. The molecule has 1 heterocycles. The topological polar surface area (TPSA) is 71.4 Å². The Morgan fingerprint density at radius 2 is 2.00 bits per heavy atom. The Morgan fingerprint density at radius 3 is 2.74 bits per heavy atom. The second-order valence-electron chi connectivity index (χ2n) is 7.71. The summed E-state index contributed by atoms with van der Waals surface area (Å²) in [6, 6.07) is 16.4. The minimum atomic E-state index is -0.886. The number of nitrogens with zero attached hydrogens (tertiary/aromatic N) is 2. The molecule has 31 heavy (non-hydrogen) atoms. The zero-order valence-electron chi connectivity index (χ0n) is 17.7. The van der Waals surface area contributed by atoms with Gasteiger partial charge in [0.25, 0.3) is 0 Å². The van der Waals surface area contributed by atoms with Crippen LogP contribution in [0.3, 0.4) is 0 Å². The first kappa shape index (κ1) is 22.9. The lowest BCUT2D eigenvalue weighted by molar-refractivity contribution is -0.147. The summed E-state index contributed by atoms with van der Waals surface area (Å²) in [5.74, 6) is -0.632. The van der Waals surface area contributed by atoms with E-state index in [1.807, 2.05) is 42.2 Å². The molecular formula is C24H29FN2O4. The molecule has 1 aliphatic rings. The van der Waals surface area contributed by atoms with E-state index < -0.39 is 6.10 Å².